The molecule has 4 nitrogen and oxygen atoms in total. The fraction of sp³-hybridized carbons (Fsp3) is 1.00. The molecule has 0 amide bonds. The summed E-state index contributed by atoms with van der Waals surface area (Å²) in [5, 5.41) is 14.7. The Kier molecular flexibility index (Phi) is 17.3. The fourth-order valence-electron chi connectivity index (χ4n) is 3.40. The van der Waals surface area contributed by atoms with E-state index in [9.17, 15) is 0 Å². The van der Waals surface area contributed by atoms with Crippen molar-refractivity contribution in [2.24, 2.45) is 0 Å². The largest absolute Gasteiger partial charge is 0.314 e. The molecule has 2 unspecified atom stereocenters. The maximum Gasteiger partial charge on any atom is 0.0140 e. The van der Waals surface area contributed by atoms with Gasteiger partial charge in [-0.1, -0.05) is 0 Å². The molecule has 1 saturated heterocycles. The van der Waals surface area contributed by atoms with Crippen LogP contribution in [0.1, 0.15) is 60.8 Å². The predicted molar refractivity (Wildman–Crippen MR) is 107 cm³/mol. The molecule has 7 heteroatoms. The molecule has 0 radical (unpaired) electrons. The van der Waals surface area contributed by atoms with Crippen LogP contribution in [0.4, 0.5) is 0 Å². The molecular weight excluding hydrogens is 390 g/mol. The zero-order valence-corrected chi connectivity index (χ0v) is 18.9. The van der Waals surface area contributed by atoms with Gasteiger partial charge in [0.25, 0.3) is 0 Å². The molecule has 4 N–H and O–H groups in total. The molecule has 152 valence electrons. The van der Waals surface area contributed by atoms with Crippen molar-refractivity contribution in [1.82, 2.24) is 21.3 Å². The van der Waals surface area contributed by atoms with Crippen LogP contribution in [-0.2, 0) is 16.5 Å². The molecule has 0 aromatic heterocycles. The van der Waals surface area contributed by atoms with Gasteiger partial charge in [0.1, 0.15) is 0 Å². The van der Waals surface area contributed by atoms with Crippen LogP contribution in [0.25, 0.3) is 0 Å². The Morgan fingerprint density at radius 2 is 1.08 bits per heavy atom. The van der Waals surface area contributed by atoms with Gasteiger partial charge < -0.3 is 21.3 Å². The van der Waals surface area contributed by atoms with Gasteiger partial charge in [-0.05, 0) is 73.9 Å². The van der Waals surface area contributed by atoms with E-state index in [0.29, 0.717) is 12.1 Å². The molecular formula is C17H40Cl2N4Ni. The second kappa shape index (κ2) is 14.0. The summed E-state index contributed by atoms with van der Waals surface area (Å²) < 4.78 is 0. The van der Waals surface area contributed by atoms with E-state index in [1.807, 2.05) is 0 Å². The summed E-state index contributed by atoms with van der Waals surface area (Å²) in [6.07, 6.45) is 3.49. The van der Waals surface area contributed by atoms with Gasteiger partial charge in [-0.2, -0.15) is 0 Å². The molecule has 1 heterocycles. The van der Waals surface area contributed by atoms with Crippen LogP contribution < -0.4 is 21.3 Å². The van der Waals surface area contributed by atoms with Gasteiger partial charge in [0.05, 0.1) is 0 Å². The van der Waals surface area contributed by atoms with Crippen LogP contribution in [-0.4, -0.2) is 49.3 Å². The van der Waals surface area contributed by atoms with E-state index in [2.05, 4.69) is 62.8 Å². The third kappa shape index (κ3) is 14.1. The third-order valence-electron chi connectivity index (χ3n) is 4.30. The van der Waals surface area contributed by atoms with Crippen LogP contribution in [0.5, 0.6) is 0 Å². The first kappa shape index (κ1) is 29.7. The Labute approximate surface area is 172 Å². The first-order chi connectivity index (χ1) is 9.70. The van der Waals surface area contributed by atoms with Crippen molar-refractivity contribution >= 4 is 24.8 Å². The van der Waals surface area contributed by atoms with E-state index in [1.54, 1.807) is 0 Å². The molecule has 1 rings (SSSR count). The Hall–Kier alpha value is 0.914. The van der Waals surface area contributed by atoms with Gasteiger partial charge in [-0.3, -0.25) is 0 Å². The Morgan fingerprint density at radius 3 is 1.58 bits per heavy atom. The van der Waals surface area contributed by atoms with Crippen molar-refractivity contribution in [3.8, 4) is 0 Å². The number of nitrogens with one attached hydrogen (secondary N) is 4. The molecule has 0 spiro atoms. The van der Waals surface area contributed by atoms with Crippen LogP contribution in [0, 0.1) is 0 Å². The summed E-state index contributed by atoms with van der Waals surface area (Å²) in [4.78, 5) is 0. The van der Waals surface area contributed by atoms with Crippen molar-refractivity contribution in [1.29, 1.82) is 0 Å². The summed E-state index contributed by atoms with van der Waals surface area (Å²) in [6.45, 7) is 18.0. The van der Waals surface area contributed by atoms with Crippen molar-refractivity contribution in [3.63, 3.8) is 0 Å². The minimum atomic E-state index is 0. The summed E-state index contributed by atoms with van der Waals surface area (Å²) in [6, 6.07) is 1.09. The van der Waals surface area contributed by atoms with E-state index < -0.39 is 0 Å². The minimum absolute atomic E-state index is 0. The zero-order chi connectivity index (χ0) is 15.9. The molecule has 24 heavy (non-hydrogen) atoms. The molecule has 0 aromatic rings. The molecule has 1 fully saturated rings. The molecule has 0 saturated carbocycles. The normalized spacial score (nSPS) is 28.8. The predicted octanol–water partition coefficient (Wildman–Crippen LogP) is 2.70. The monoisotopic (exact) mass is 428 g/mol. The van der Waals surface area contributed by atoms with Gasteiger partial charge >= 0.3 is 0 Å². The van der Waals surface area contributed by atoms with Crippen LogP contribution >= 0.6 is 24.8 Å². The fourth-order valence-corrected chi connectivity index (χ4v) is 3.40. The van der Waals surface area contributed by atoms with E-state index in [0.717, 1.165) is 39.0 Å². The van der Waals surface area contributed by atoms with Gasteiger partial charge in [-0.15, -0.1) is 24.8 Å². The van der Waals surface area contributed by atoms with Crippen LogP contribution in [0.3, 0.4) is 0 Å². The van der Waals surface area contributed by atoms with E-state index in [-0.39, 0.29) is 52.4 Å². The number of halogens is 2. The van der Waals surface area contributed by atoms with Gasteiger partial charge in [0.2, 0.25) is 0 Å². The van der Waals surface area contributed by atoms with Crippen molar-refractivity contribution in [3.05, 3.63) is 0 Å². The quantitative estimate of drug-likeness (QED) is 0.447. The maximum absolute atomic E-state index is 3.69. The minimum Gasteiger partial charge on any atom is -0.314 e. The van der Waals surface area contributed by atoms with E-state index in [4.69, 9.17) is 0 Å². The average molecular weight is 430 g/mol. The summed E-state index contributed by atoms with van der Waals surface area (Å²) in [5.74, 6) is 0. The Balaban J connectivity index is -0.00000147. The van der Waals surface area contributed by atoms with E-state index in [1.165, 1.54) is 6.42 Å². The smallest absolute Gasteiger partial charge is 0.0140 e. The topological polar surface area (TPSA) is 48.1 Å². The van der Waals surface area contributed by atoms with E-state index >= 15 is 0 Å². The summed E-state index contributed by atoms with van der Waals surface area (Å²) >= 11 is 0. The Morgan fingerprint density at radius 1 is 0.667 bits per heavy atom. The third-order valence-corrected chi connectivity index (χ3v) is 4.30. The second-order valence-corrected chi connectivity index (χ2v) is 8.09. The SMILES string of the molecule is CC1CC(C)(C)NCCCNC(C)CC(C)(C)NCCN1.Cl.Cl.[Ni]. The van der Waals surface area contributed by atoms with Gasteiger partial charge in [0, 0.05) is 52.7 Å². The van der Waals surface area contributed by atoms with Crippen molar-refractivity contribution in [2.45, 2.75) is 84.0 Å². The molecule has 1 aliphatic heterocycles. The summed E-state index contributed by atoms with van der Waals surface area (Å²) in [5.41, 5.74) is 0.389. The van der Waals surface area contributed by atoms with Crippen LogP contribution in [0.15, 0.2) is 0 Å². The first-order valence-electron chi connectivity index (χ1n) is 8.67. The number of hydrogen-bond donors (Lipinski definition) is 4. The molecule has 1 aliphatic rings. The van der Waals surface area contributed by atoms with Crippen molar-refractivity contribution < 1.29 is 16.5 Å². The molecule has 0 aliphatic carbocycles. The summed E-state index contributed by atoms with van der Waals surface area (Å²) in [7, 11) is 0. The maximum atomic E-state index is 3.69. The van der Waals surface area contributed by atoms with Crippen LogP contribution in [0.2, 0.25) is 0 Å². The van der Waals surface area contributed by atoms with Gasteiger partial charge in [-0.25, -0.2) is 0 Å². The Bertz CT molecular complexity index is 304. The van der Waals surface area contributed by atoms with Crippen molar-refractivity contribution in [2.75, 3.05) is 26.2 Å². The average Bonchev–Trinajstić information content (AvgIpc) is 2.32. The second-order valence-electron chi connectivity index (χ2n) is 8.09. The first-order valence-corrected chi connectivity index (χ1v) is 8.67. The molecule has 0 bridgehead atoms. The molecule has 0 aromatic carbocycles. The number of rotatable bonds is 0. The van der Waals surface area contributed by atoms with Gasteiger partial charge in [0.15, 0.2) is 0 Å². The number of hydrogen-bond acceptors (Lipinski definition) is 4. The molecule has 2 atom stereocenters. The zero-order valence-electron chi connectivity index (χ0n) is 16.2. The standard InChI is InChI=1S/C17H38N4.2ClH.Ni/c1-14-12-17(5,6)21-11-10-19-15(2)13-16(3,4)20-9-7-8-18-14;;;/h14-15,18-21H,7-13H2,1-6H3;2*1H;.